The van der Waals surface area contributed by atoms with E-state index in [0.717, 1.165) is 52.1 Å². The van der Waals surface area contributed by atoms with Crippen molar-refractivity contribution in [3.05, 3.63) is 42.0 Å². The van der Waals surface area contributed by atoms with E-state index >= 15 is 0 Å². The fraction of sp³-hybridized carbons (Fsp3) is 0.522. The van der Waals surface area contributed by atoms with E-state index < -0.39 is 0 Å². The fourth-order valence-electron chi connectivity index (χ4n) is 3.95. The smallest absolute Gasteiger partial charge is 0.136 e. The first kappa shape index (κ1) is 19.8. The Bertz CT molecular complexity index is 772. The van der Waals surface area contributed by atoms with Gasteiger partial charge in [-0.3, -0.25) is 4.99 Å². The molecule has 4 heteroatoms. The number of nitrogens with zero attached hydrogens (tertiary/aromatic N) is 4. The van der Waals surface area contributed by atoms with Gasteiger partial charge in [-0.05, 0) is 64.6 Å². The molecule has 0 amide bonds. The summed E-state index contributed by atoms with van der Waals surface area (Å²) >= 11 is 0. The number of rotatable bonds is 10. The molecule has 0 spiro atoms. The normalized spacial score (nSPS) is 15.0. The summed E-state index contributed by atoms with van der Waals surface area (Å²) in [5.41, 5.74) is 2.63. The summed E-state index contributed by atoms with van der Waals surface area (Å²) < 4.78 is 0. The highest BCUT2D eigenvalue weighted by molar-refractivity contribution is 6.27. The molecule has 0 saturated heterocycles. The number of aliphatic imine (C=N–C) groups is 1. The van der Waals surface area contributed by atoms with Crippen molar-refractivity contribution in [1.82, 2.24) is 9.80 Å². The van der Waals surface area contributed by atoms with E-state index in [4.69, 9.17) is 4.99 Å². The number of hydrogen-bond donors (Lipinski definition) is 0. The third-order valence-electron chi connectivity index (χ3n) is 5.45. The largest absolute Gasteiger partial charge is 0.326 e. The molecule has 0 bridgehead atoms. The molecule has 0 fully saturated rings. The Morgan fingerprint density at radius 2 is 1.67 bits per heavy atom. The maximum Gasteiger partial charge on any atom is 0.136 e. The van der Waals surface area contributed by atoms with Crippen LogP contribution in [0.4, 0.5) is 5.69 Å². The molecular formula is C23H34N4. The van der Waals surface area contributed by atoms with Crippen LogP contribution >= 0.6 is 0 Å². The average molecular weight is 367 g/mol. The van der Waals surface area contributed by atoms with E-state index in [0.29, 0.717) is 0 Å². The fourth-order valence-corrected chi connectivity index (χ4v) is 3.95. The second-order valence-electron chi connectivity index (χ2n) is 7.58. The molecule has 1 heterocycles. The Hall–Kier alpha value is -1.91. The van der Waals surface area contributed by atoms with Crippen molar-refractivity contribution in [3.63, 3.8) is 0 Å². The number of hydrogen-bond acceptors (Lipinski definition) is 3. The van der Waals surface area contributed by atoms with Gasteiger partial charge >= 0.3 is 0 Å². The zero-order chi connectivity index (χ0) is 19.2. The Morgan fingerprint density at radius 1 is 0.926 bits per heavy atom. The second-order valence-corrected chi connectivity index (χ2v) is 7.58. The monoisotopic (exact) mass is 366 g/mol. The summed E-state index contributed by atoms with van der Waals surface area (Å²) in [6, 6.07) is 13.2. The van der Waals surface area contributed by atoms with Crippen molar-refractivity contribution in [2.45, 2.75) is 26.7 Å². The first-order chi connectivity index (χ1) is 13.2. The highest BCUT2D eigenvalue weighted by Crippen LogP contribution is 2.37. The molecule has 2 aromatic rings. The summed E-state index contributed by atoms with van der Waals surface area (Å²) in [5.74, 6) is 1.17. The van der Waals surface area contributed by atoms with Crippen LogP contribution in [-0.4, -0.2) is 69.0 Å². The van der Waals surface area contributed by atoms with Gasteiger partial charge in [-0.15, -0.1) is 0 Å². The van der Waals surface area contributed by atoms with Gasteiger partial charge in [0.05, 0.1) is 5.69 Å². The minimum Gasteiger partial charge on any atom is -0.326 e. The molecule has 146 valence electrons. The predicted molar refractivity (Wildman–Crippen MR) is 118 cm³/mol. The summed E-state index contributed by atoms with van der Waals surface area (Å²) in [6.45, 7) is 10.8. The zero-order valence-electron chi connectivity index (χ0n) is 17.4. The molecule has 4 nitrogen and oxygen atoms in total. The highest BCUT2D eigenvalue weighted by Gasteiger charge is 2.27. The van der Waals surface area contributed by atoms with E-state index in [1.807, 2.05) is 0 Å². The van der Waals surface area contributed by atoms with E-state index in [1.165, 1.54) is 27.9 Å². The number of amidine groups is 1. The van der Waals surface area contributed by atoms with Crippen molar-refractivity contribution in [2.75, 3.05) is 58.3 Å². The molecule has 0 aliphatic carbocycles. The van der Waals surface area contributed by atoms with E-state index in [-0.39, 0.29) is 0 Å². The lowest BCUT2D eigenvalue weighted by Gasteiger charge is -2.22. The van der Waals surface area contributed by atoms with Crippen LogP contribution in [-0.2, 0) is 0 Å². The summed E-state index contributed by atoms with van der Waals surface area (Å²) in [5, 5.41) is 2.68. The maximum absolute atomic E-state index is 5.09. The third kappa shape index (κ3) is 4.50. The van der Waals surface area contributed by atoms with Gasteiger partial charge < -0.3 is 14.7 Å². The molecule has 2 aromatic carbocycles. The van der Waals surface area contributed by atoms with Crippen molar-refractivity contribution in [1.29, 1.82) is 0 Å². The Labute approximate surface area is 164 Å². The van der Waals surface area contributed by atoms with Gasteiger partial charge in [0, 0.05) is 24.0 Å². The number of anilines is 1. The lowest BCUT2D eigenvalue weighted by molar-refractivity contribution is 0.302. The van der Waals surface area contributed by atoms with Crippen molar-refractivity contribution >= 4 is 22.3 Å². The predicted octanol–water partition coefficient (Wildman–Crippen LogP) is 4.09. The molecule has 0 aromatic heterocycles. The molecule has 27 heavy (non-hydrogen) atoms. The Kier molecular flexibility index (Phi) is 6.86. The SMILES string of the molecule is CCN(CC)CCCN=C1c2cccc3cccc(c23)N1CCCN(C)C. The van der Waals surface area contributed by atoms with Crippen LogP contribution in [0.1, 0.15) is 32.3 Å². The molecule has 3 rings (SSSR count). The topological polar surface area (TPSA) is 22.1 Å². The average Bonchev–Trinajstić information content (AvgIpc) is 2.97. The molecule has 0 atom stereocenters. The lowest BCUT2D eigenvalue weighted by Crippen LogP contribution is -2.31. The maximum atomic E-state index is 5.09. The summed E-state index contributed by atoms with van der Waals surface area (Å²) in [7, 11) is 4.28. The van der Waals surface area contributed by atoms with Crippen LogP contribution in [0, 0.1) is 0 Å². The minimum atomic E-state index is 0.889. The summed E-state index contributed by atoms with van der Waals surface area (Å²) in [6.07, 6.45) is 2.25. The lowest BCUT2D eigenvalue weighted by atomic mass is 10.1. The Balaban J connectivity index is 1.81. The molecular weight excluding hydrogens is 332 g/mol. The van der Waals surface area contributed by atoms with Gasteiger partial charge in [0.1, 0.15) is 5.84 Å². The van der Waals surface area contributed by atoms with E-state index in [9.17, 15) is 0 Å². The first-order valence-corrected chi connectivity index (χ1v) is 10.4. The van der Waals surface area contributed by atoms with Crippen LogP contribution in [0.15, 0.2) is 41.4 Å². The standard InChI is InChI=1S/C23H34N4/c1-5-26(6-2)17-9-15-24-23-20-13-7-11-19-12-8-14-21(22(19)20)27(23)18-10-16-25(3)4/h7-8,11-14H,5-6,9-10,15-18H2,1-4H3. The van der Waals surface area contributed by atoms with Crippen LogP contribution in [0.25, 0.3) is 10.8 Å². The first-order valence-electron chi connectivity index (χ1n) is 10.4. The van der Waals surface area contributed by atoms with Gasteiger partial charge in [-0.2, -0.15) is 0 Å². The van der Waals surface area contributed by atoms with Gasteiger partial charge in [0.25, 0.3) is 0 Å². The van der Waals surface area contributed by atoms with Gasteiger partial charge in [0.15, 0.2) is 0 Å². The second kappa shape index (κ2) is 9.34. The zero-order valence-corrected chi connectivity index (χ0v) is 17.4. The van der Waals surface area contributed by atoms with Crippen molar-refractivity contribution in [2.24, 2.45) is 4.99 Å². The van der Waals surface area contributed by atoms with Crippen LogP contribution in [0.2, 0.25) is 0 Å². The van der Waals surface area contributed by atoms with Crippen molar-refractivity contribution < 1.29 is 0 Å². The van der Waals surface area contributed by atoms with Crippen LogP contribution < -0.4 is 4.90 Å². The molecule has 0 saturated carbocycles. The van der Waals surface area contributed by atoms with E-state index in [1.54, 1.807) is 0 Å². The summed E-state index contributed by atoms with van der Waals surface area (Å²) in [4.78, 5) is 12.3. The van der Waals surface area contributed by atoms with Gasteiger partial charge in [-0.1, -0.05) is 44.2 Å². The molecule has 1 aliphatic rings. The molecule has 0 unspecified atom stereocenters. The van der Waals surface area contributed by atoms with Crippen LogP contribution in [0.3, 0.4) is 0 Å². The Morgan fingerprint density at radius 3 is 2.37 bits per heavy atom. The van der Waals surface area contributed by atoms with E-state index in [2.05, 4.69) is 79.0 Å². The molecule has 1 aliphatic heterocycles. The third-order valence-corrected chi connectivity index (χ3v) is 5.45. The number of benzene rings is 2. The minimum absolute atomic E-state index is 0.889. The van der Waals surface area contributed by atoms with Crippen molar-refractivity contribution in [3.8, 4) is 0 Å². The molecule has 0 radical (unpaired) electrons. The van der Waals surface area contributed by atoms with Gasteiger partial charge in [0.2, 0.25) is 0 Å². The van der Waals surface area contributed by atoms with Gasteiger partial charge in [-0.25, -0.2) is 0 Å². The van der Waals surface area contributed by atoms with Crippen LogP contribution in [0.5, 0.6) is 0 Å². The molecule has 0 N–H and O–H groups in total. The highest BCUT2D eigenvalue weighted by atomic mass is 15.2. The quantitative estimate of drug-likeness (QED) is 0.591.